The monoisotopic (exact) mass is 496 g/mol. The van der Waals surface area contributed by atoms with Crippen molar-refractivity contribution in [3.8, 4) is 5.75 Å². The number of hydrogen-bond acceptors (Lipinski definition) is 4. The number of nitrogens with one attached hydrogen (secondary N) is 1. The predicted molar refractivity (Wildman–Crippen MR) is 134 cm³/mol. The van der Waals surface area contributed by atoms with Crippen LogP contribution in [0.15, 0.2) is 42.5 Å². The van der Waals surface area contributed by atoms with Crippen molar-refractivity contribution in [2.45, 2.75) is 51.6 Å². The molecule has 2 atom stereocenters. The summed E-state index contributed by atoms with van der Waals surface area (Å²) in [5, 5.41) is 4.12. The molecule has 0 aliphatic heterocycles. The number of amides is 2. The van der Waals surface area contributed by atoms with Crippen LogP contribution in [0.25, 0.3) is 0 Å². The van der Waals surface area contributed by atoms with Crippen LogP contribution >= 0.6 is 35.0 Å². The van der Waals surface area contributed by atoms with Gasteiger partial charge >= 0.3 is 0 Å². The molecule has 0 aliphatic rings. The first-order valence-electron chi connectivity index (χ1n) is 10.5. The lowest BCUT2D eigenvalue weighted by atomic mass is 10.1. The third-order valence-electron chi connectivity index (χ3n) is 5.15. The highest BCUT2D eigenvalue weighted by atomic mass is 35.5. The van der Waals surface area contributed by atoms with E-state index >= 15 is 0 Å². The summed E-state index contributed by atoms with van der Waals surface area (Å²) in [6, 6.07) is 12.3. The molecule has 1 N–H and O–H groups in total. The van der Waals surface area contributed by atoms with Crippen LogP contribution in [-0.2, 0) is 21.9 Å². The number of carbonyl (C=O) groups is 2. The van der Waals surface area contributed by atoms with Crippen LogP contribution in [0.4, 0.5) is 0 Å². The average molecular weight is 497 g/mol. The molecule has 174 valence electrons. The molecule has 0 spiro atoms. The molecule has 32 heavy (non-hydrogen) atoms. The number of methoxy groups -OCH3 is 1. The number of thioether (sulfide) groups is 1. The standard InChI is InChI=1S/C24H30Cl2N2O3S/c1-5-16(2)27-24(30)17(3)28(13-18-7-6-8-21(11-18)31-4)23(29)15-32-14-19-9-10-20(25)12-22(19)26/h6-12,16-17H,5,13-15H2,1-4H3,(H,27,30). The minimum Gasteiger partial charge on any atom is -0.497 e. The van der Waals surface area contributed by atoms with Gasteiger partial charge in [0.1, 0.15) is 11.8 Å². The lowest BCUT2D eigenvalue weighted by Gasteiger charge is -2.29. The Labute approximate surface area is 204 Å². The molecule has 2 aromatic rings. The zero-order chi connectivity index (χ0) is 23.7. The fraction of sp³-hybridized carbons (Fsp3) is 0.417. The number of halogens is 2. The molecular formula is C24H30Cl2N2O3S. The number of hydrogen-bond donors (Lipinski definition) is 1. The average Bonchev–Trinajstić information content (AvgIpc) is 2.78. The van der Waals surface area contributed by atoms with Crippen molar-refractivity contribution in [2.24, 2.45) is 0 Å². The number of ether oxygens (including phenoxy) is 1. The van der Waals surface area contributed by atoms with Crippen LogP contribution in [0.2, 0.25) is 10.0 Å². The van der Waals surface area contributed by atoms with E-state index in [1.54, 1.807) is 31.1 Å². The van der Waals surface area contributed by atoms with Gasteiger partial charge in [0, 0.05) is 28.4 Å². The van der Waals surface area contributed by atoms with Gasteiger partial charge in [-0.15, -0.1) is 11.8 Å². The molecule has 0 saturated carbocycles. The normalized spacial score (nSPS) is 12.7. The first-order chi connectivity index (χ1) is 15.2. The van der Waals surface area contributed by atoms with E-state index in [0.29, 0.717) is 28.1 Å². The first kappa shape index (κ1) is 26.4. The highest BCUT2D eigenvalue weighted by molar-refractivity contribution is 7.99. The van der Waals surface area contributed by atoms with E-state index in [9.17, 15) is 9.59 Å². The van der Waals surface area contributed by atoms with E-state index in [4.69, 9.17) is 27.9 Å². The van der Waals surface area contributed by atoms with Crippen molar-refractivity contribution in [3.05, 3.63) is 63.6 Å². The molecule has 0 fully saturated rings. The van der Waals surface area contributed by atoms with Crippen LogP contribution in [-0.4, -0.2) is 41.7 Å². The molecule has 2 rings (SSSR count). The molecule has 0 radical (unpaired) electrons. The second-order valence-corrected chi connectivity index (χ2v) is 9.42. The van der Waals surface area contributed by atoms with Crippen molar-refractivity contribution < 1.29 is 14.3 Å². The Morgan fingerprint density at radius 3 is 2.56 bits per heavy atom. The Kier molecular flexibility index (Phi) is 10.7. The van der Waals surface area contributed by atoms with E-state index < -0.39 is 6.04 Å². The van der Waals surface area contributed by atoms with Gasteiger partial charge in [0.15, 0.2) is 0 Å². The summed E-state index contributed by atoms with van der Waals surface area (Å²) < 4.78 is 5.30. The summed E-state index contributed by atoms with van der Waals surface area (Å²) >= 11 is 13.6. The van der Waals surface area contributed by atoms with Gasteiger partial charge in [-0.3, -0.25) is 9.59 Å². The van der Waals surface area contributed by atoms with Gasteiger partial charge in [-0.1, -0.05) is 48.3 Å². The quantitative estimate of drug-likeness (QED) is 0.441. The second kappa shape index (κ2) is 13.0. The molecule has 5 nitrogen and oxygen atoms in total. The number of nitrogens with zero attached hydrogens (tertiary/aromatic N) is 1. The summed E-state index contributed by atoms with van der Waals surface area (Å²) in [6.07, 6.45) is 0.819. The van der Waals surface area contributed by atoms with E-state index in [2.05, 4.69) is 5.32 Å². The van der Waals surface area contributed by atoms with Gasteiger partial charge in [-0.05, 0) is 55.7 Å². The third-order valence-corrected chi connectivity index (χ3v) is 6.71. The fourth-order valence-corrected chi connectivity index (χ4v) is 4.45. The fourth-order valence-electron chi connectivity index (χ4n) is 2.99. The Hall–Kier alpha value is -1.89. The minimum absolute atomic E-state index is 0.0418. The Bertz CT molecular complexity index is 926. The first-order valence-corrected chi connectivity index (χ1v) is 12.4. The molecule has 2 amide bonds. The second-order valence-electron chi connectivity index (χ2n) is 7.60. The van der Waals surface area contributed by atoms with Gasteiger partial charge in [-0.2, -0.15) is 0 Å². The van der Waals surface area contributed by atoms with Crippen molar-refractivity contribution in [3.63, 3.8) is 0 Å². The van der Waals surface area contributed by atoms with E-state index in [1.165, 1.54) is 11.8 Å². The smallest absolute Gasteiger partial charge is 0.242 e. The number of rotatable bonds is 11. The van der Waals surface area contributed by atoms with Crippen LogP contribution in [0.5, 0.6) is 5.75 Å². The lowest BCUT2D eigenvalue weighted by molar-refractivity contribution is -0.138. The van der Waals surface area contributed by atoms with E-state index in [1.807, 2.05) is 44.2 Å². The molecular weight excluding hydrogens is 467 g/mol. The molecule has 2 unspecified atom stereocenters. The lowest BCUT2D eigenvalue weighted by Crippen LogP contribution is -2.50. The van der Waals surface area contributed by atoms with Crippen LogP contribution in [0.1, 0.15) is 38.3 Å². The van der Waals surface area contributed by atoms with Crippen LogP contribution < -0.4 is 10.1 Å². The Balaban J connectivity index is 2.12. The molecule has 2 aromatic carbocycles. The SMILES string of the molecule is CCC(C)NC(=O)C(C)N(Cc1cccc(OC)c1)C(=O)CSCc1ccc(Cl)cc1Cl. The molecule has 0 aromatic heterocycles. The van der Waals surface area contributed by atoms with Gasteiger partial charge in [0.25, 0.3) is 0 Å². The highest BCUT2D eigenvalue weighted by Gasteiger charge is 2.26. The summed E-state index contributed by atoms with van der Waals surface area (Å²) in [7, 11) is 1.60. The summed E-state index contributed by atoms with van der Waals surface area (Å²) in [4.78, 5) is 27.6. The predicted octanol–water partition coefficient (Wildman–Crippen LogP) is 5.57. The van der Waals surface area contributed by atoms with E-state index in [-0.39, 0.29) is 23.6 Å². The Morgan fingerprint density at radius 2 is 1.91 bits per heavy atom. The third kappa shape index (κ3) is 7.91. The molecule has 0 aliphatic carbocycles. The van der Waals surface area contributed by atoms with Crippen LogP contribution in [0, 0.1) is 0 Å². The molecule has 0 saturated heterocycles. The molecule has 0 bridgehead atoms. The van der Waals surface area contributed by atoms with Gasteiger partial charge in [0.05, 0.1) is 12.9 Å². The maximum absolute atomic E-state index is 13.2. The van der Waals surface area contributed by atoms with Gasteiger partial charge < -0.3 is 15.0 Å². The zero-order valence-electron chi connectivity index (χ0n) is 18.9. The number of benzene rings is 2. The topological polar surface area (TPSA) is 58.6 Å². The van der Waals surface area contributed by atoms with Crippen molar-refractivity contribution in [2.75, 3.05) is 12.9 Å². The van der Waals surface area contributed by atoms with Crippen LogP contribution in [0.3, 0.4) is 0 Å². The van der Waals surface area contributed by atoms with Crippen molar-refractivity contribution in [1.29, 1.82) is 0 Å². The minimum atomic E-state index is -0.609. The van der Waals surface area contributed by atoms with E-state index in [0.717, 1.165) is 17.5 Å². The highest BCUT2D eigenvalue weighted by Crippen LogP contribution is 2.25. The maximum Gasteiger partial charge on any atom is 0.242 e. The molecule has 8 heteroatoms. The van der Waals surface area contributed by atoms with Crippen molar-refractivity contribution in [1.82, 2.24) is 10.2 Å². The van der Waals surface area contributed by atoms with Crippen molar-refractivity contribution >= 4 is 46.8 Å². The largest absolute Gasteiger partial charge is 0.497 e. The van der Waals surface area contributed by atoms with Gasteiger partial charge in [-0.25, -0.2) is 0 Å². The maximum atomic E-state index is 13.2. The number of carbonyl (C=O) groups excluding carboxylic acids is 2. The Morgan fingerprint density at radius 1 is 1.16 bits per heavy atom. The van der Waals surface area contributed by atoms with Gasteiger partial charge in [0.2, 0.25) is 11.8 Å². The summed E-state index contributed by atoms with van der Waals surface area (Å²) in [5.74, 6) is 1.22. The summed E-state index contributed by atoms with van der Waals surface area (Å²) in [5.41, 5.74) is 1.81. The summed E-state index contributed by atoms with van der Waals surface area (Å²) in [6.45, 7) is 6.03. The molecule has 0 heterocycles. The zero-order valence-corrected chi connectivity index (χ0v) is 21.2.